The molecule has 0 aromatic heterocycles. The number of nitrogens with zero attached hydrogens (tertiary/aromatic N) is 1. The molecule has 0 unspecified atom stereocenters. The van der Waals surface area contributed by atoms with Crippen LogP contribution in [0.1, 0.15) is 67.8 Å². The van der Waals surface area contributed by atoms with Crippen molar-refractivity contribution in [3.05, 3.63) is 64.1 Å². The molecule has 4 nitrogen and oxygen atoms in total. The minimum Gasteiger partial charge on any atom is -0.326 e. The number of carbonyl (C=O) groups is 2. The van der Waals surface area contributed by atoms with E-state index in [4.69, 9.17) is 0 Å². The number of hydrogen-bond acceptors (Lipinski definition) is 3. The molecule has 0 aliphatic carbocycles. The normalized spacial score (nSPS) is 15.2. The second kappa shape index (κ2) is 11.6. The molecular weight excluding hydrogens is 452 g/mol. The number of carbonyl (C=O) groups excluding carboxylic acids is 2. The van der Waals surface area contributed by atoms with E-state index in [0.29, 0.717) is 12.3 Å². The first kappa shape index (κ1) is 23.7. The monoisotopic (exact) mass is 484 g/mol. The average Bonchev–Trinajstić information content (AvgIpc) is 2.77. The topological polar surface area (TPSA) is 49.4 Å². The summed E-state index contributed by atoms with van der Waals surface area (Å²) in [5.41, 5.74) is 3.01. The Morgan fingerprint density at radius 3 is 2.52 bits per heavy atom. The van der Waals surface area contributed by atoms with E-state index in [2.05, 4.69) is 38.3 Å². The smallest absolute Gasteiger partial charge is 0.226 e. The summed E-state index contributed by atoms with van der Waals surface area (Å²) >= 11 is 3.43. The molecule has 0 radical (unpaired) electrons. The van der Waals surface area contributed by atoms with Crippen molar-refractivity contribution in [2.24, 2.45) is 5.92 Å². The number of benzene rings is 2. The summed E-state index contributed by atoms with van der Waals surface area (Å²) in [4.78, 5) is 26.8. The molecule has 1 amide bonds. The maximum absolute atomic E-state index is 12.3. The lowest BCUT2D eigenvalue weighted by atomic mass is 9.89. The van der Waals surface area contributed by atoms with Crippen LogP contribution < -0.4 is 5.32 Å². The Hall–Kier alpha value is -1.98. The van der Waals surface area contributed by atoms with Crippen LogP contribution in [0.2, 0.25) is 0 Å². The molecule has 1 saturated heterocycles. The van der Waals surface area contributed by atoms with E-state index in [-0.39, 0.29) is 17.6 Å². The van der Waals surface area contributed by atoms with Gasteiger partial charge in [-0.2, -0.15) is 0 Å². The first-order valence-electron chi connectivity index (χ1n) is 11.3. The Balaban J connectivity index is 1.39. The van der Waals surface area contributed by atoms with Crippen LogP contribution in [0.15, 0.2) is 53.0 Å². The third-order valence-corrected chi connectivity index (χ3v) is 6.51. The van der Waals surface area contributed by atoms with Crippen LogP contribution in [-0.4, -0.2) is 36.2 Å². The lowest BCUT2D eigenvalue weighted by Crippen LogP contribution is -2.33. The Morgan fingerprint density at radius 1 is 1.06 bits per heavy atom. The van der Waals surface area contributed by atoms with E-state index in [1.807, 2.05) is 50.2 Å². The lowest BCUT2D eigenvalue weighted by molar-refractivity contribution is -0.118. The largest absolute Gasteiger partial charge is 0.326 e. The van der Waals surface area contributed by atoms with Crippen molar-refractivity contribution in [2.75, 3.05) is 25.0 Å². The van der Waals surface area contributed by atoms with Crippen LogP contribution >= 0.6 is 15.9 Å². The number of hydrogen-bond donors (Lipinski definition) is 1. The summed E-state index contributed by atoms with van der Waals surface area (Å²) < 4.78 is 0.953. The molecule has 2 aromatic carbocycles. The van der Waals surface area contributed by atoms with E-state index in [0.717, 1.165) is 61.0 Å². The van der Waals surface area contributed by atoms with Crippen molar-refractivity contribution >= 4 is 33.3 Å². The van der Waals surface area contributed by atoms with Gasteiger partial charge in [0.2, 0.25) is 5.91 Å². The zero-order valence-corrected chi connectivity index (χ0v) is 20.2. The highest BCUT2D eigenvalue weighted by molar-refractivity contribution is 9.10. The van der Waals surface area contributed by atoms with Crippen molar-refractivity contribution in [1.29, 1.82) is 0 Å². The van der Waals surface area contributed by atoms with Gasteiger partial charge in [-0.05, 0) is 81.1 Å². The average molecular weight is 485 g/mol. The van der Waals surface area contributed by atoms with Gasteiger partial charge in [-0.15, -0.1) is 0 Å². The van der Waals surface area contributed by atoms with Crippen molar-refractivity contribution in [2.45, 2.75) is 51.9 Å². The molecule has 1 N–H and O–H groups in total. The number of halogens is 1. The standard InChI is InChI=1S/C26H33BrN2O2/c1-19(2)26(31)28-24-10-6-7-21(18-24)20-12-15-29(16-13-20)14-4-3-11-25(30)22-8-5-9-23(27)17-22/h5-10,17-20H,3-4,11-16H2,1-2H3,(H,28,31). The molecule has 0 saturated carbocycles. The number of piperidine rings is 1. The van der Waals surface area contributed by atoms with Crippen molar-refractivity contribution in [3.63, 3.8) is 0 Å². The van der Waals surface area contributed by atoms with Crippen molar-refractivity contribution in [1.82, 2.24) is 4.90 Å². The molecule has 1 fully saturated rings. The third kappa shape index (κ3) is 7.29. The summed E-state index contributed by atoms with van der Waals surface area (Å²) in [5.74, 6) is 0.816. The molecule has 3 rings (SSSR count). The molecule has 0 bridgehead atoms. The van der Waals surface area contributed by atoms with Crippen LogP contribution in [0.5, 0.6) is 0 Å². The van der Waals surface area contributed by atoms with Crippen LogP contribution in [0.25, 0.3) is 0 Å². The van der Waals surface area contributed by atoms with Gasteiger partial charge in [0.1, 0.15) is 0 Å². The van der Waals surface area contributed by atoms with Gasteiger partial charge in [0, 0.05) is 28.1 Å². The number of Topliss-reactive ketones (excluding diaryl/α,β-unsaturated/α-hetero) is 1. The minimum atomic E-state index is -0.0169. The fourth-order valence-corrected chi connectivity index (χ4v) is 4.47. The van der Waals surface area contributed by atoms with E-state index < -0.39 is 0 Å². The number of unbranched alkanes of at least 4 members (excludes halogenated alkanes) is 1. The lowest BCUT2D eigenvalue weighted by Gasteiger charge is -2.32. The molecule has 2 aromatic rings. The highest BCUT2D eigenvalue weighted by atomic mass is 79.9. The predicted octanol–water partition coefficient (Wildman–Crippen LogP) is 6.28. The summed E-state index contributed by atoms with van der Waals surface area (Å²) in [6, 6.07) is 16.0. The van der Waals surface area contributed by atoms with Crippen molar-refractivity contribution in [3.8, 4) is 0 Å². The number of rotatable bonds is 9. The number of nitrogens with one attached hydrogen (secondary N) is 1. The van der Waals surface area contributed by atoms with Gasteiger partial charge in [0.15, 0.2) is 5.78 Å². The molecule has 1 aliphatic heterocycles. The van der Waals surface area contributed by atoms with E-state index in [9.17, 15) is 9.59 Å². The van der Waals surface area contributed by atoms with Crippen molar-refractivity contribution < 1.29 is 9.59 Å². The van der Waals surface area contributed by atoms with Gasteiger partial charge in [-0.25, -0.2) is 0 Å². The van der Waals surface area contributed by atoms with Crippen LogP contribution in [-0.2, 0) is 4.79 Å². The van der Waals surface area contributed by atoms with Crippen LogP contribution in [0.3, 0.4) is 0 Å². The highest BCUT2D eigenvalue weighted by Crippen LogP contribution is 2.30. The molecule has 0 atom stereocenters. The Labute approximate surface area is 194 Å². The maximum atomic E-state index is 12.3. The summed E-state index contributed by atoms with van der Waals surface area (Å²) in [7, 11) is 0. The predicted molar refractivity (Wildman–Crippen MR) is 131 cm³/mol. The van der Waals surface area contributed by atoms with Gasteiger partial charge >= 0.3 is 0 Å². The molecule has 0 spiro atoms. The maximum Gasteiger partial charge on any atom is 0.226 e. The molecule has 5 heteroatoms. The second-order valence-corrected chi connectivity index (χ2v) is 9.69. The van der Waals surface area contributed by atoms with Gasteiger partial charge < -0.3 is 10.2 Å². The van der Waals surface area contributed by atoms with Crippen LogP contribution in [0.4, 0.5) is 5.69 Å². The van der Waals surface area contributed by atoms with E-state index >= 15 is 0 Å². The highest BCUT2D eigenvalue weighted by Gasteiger charge is 2.21. The number of amides is 1. The summed E-state index contributed by atoms with van der Waals surface area (Å²) in [6.07, 6.45) is 4.88. The second-order valence-electron chi connectivity index (χ2n) is 8.78. The quantitative estimate of drug-likeness (QED) is 0.336. The Bertz CT molecular complexity index is 888. The number of anilines is 1. The molecule has 1 aliphatic rings. The minimum absolute atomic E-state index is 0.0169. The van der Waals surface area contributed by atoms with Gasteiger partial charge in [-0.1, -0.05) is 54.0 Å². The van der Waals surface area contributed by atoms with Crippen LogP contribution in [0, 0.1) is 5.92 Å². The van der Waals surface area contributed by atoms with Gasteiger partial charge in [0.25, 0.3) is 0 Å². The Kier molecular flexibility index (Phi) is 8.85. The molecule has 166 valence electrons. The zero-order chi connectivity index (χ0) is 22.2. The van der Waals surface area contributed by atoms with E-state index in [1.54, 1.807) is 0 Å². The summed E-state index contributed by atoms with van der Waals surface area (Å²) in [5, 5.41) is 3.01. The molecule has 31 heavy (non-hydrogen) atoms. The van der Waals surface area contributed by atoms with Gasteiger partial charge in [-0.3, -0.25) is 9.59 Å². The number of likely N-dealkylation sites (tertiary alicyclic amines) is 1. The first-order valence-corrected chi connectivity index (χ1v) is 12.1. The number of ketones is 1. The fourth-order valence-electron chi connectivity index (χ4n) is 4.07. The molecular formula is C26H33BrN2O2. The Morgan fingerprint density at radius 2 is 1.81 bits per heavy atom. The van der Waals surface area contributed by atoms with Gasteiger partial charge in [0.05, 0.1) is 0 Å². The first-order chi connectivity index (χ1) is 14.9. The molecule has 1 heterocycles. The third-order valence-electron chi connectivity index (χ3n) is 6.01. The SMILES string of the molecule is CC(C)C(=O)Nc1cccc(C2CCN(CCCCC(=O)c3cccc(Br)c3)CC2)c1. The zero-order valence-electron chi connectivity index (χ0n) is 18.6. The fraction of sp³-hybridized carbons (Fsp3) is 0.462. The van der Waals surface area contributed by atoms with E-state index in [1.165, 1.54) is 5.56 Å². The summed E-state index contributed by atoms with van der Waals surface area (Å²) in [6.45, 7) is 7.06.